The molecule has 0 amide bonds. The maximum Gasteiger partial charge on any atom is 0.341 e. The third kappa shape index (κ3) is 2.85. The Bertz CT molecular complexity index is 620. The minimum absolute atomic E-state index is 0.319. The molecule has 2 heterocycles. The molecular formula is C12H14N4O3S. The van der Waals surface area contributed by atoms with Crippen molar-refractivity contribution in [1.29, 1.82) is 0 Å². The molecule has 2 aromatic rings. The SMILES string of the molecule is C=CCn1c(N)nnc1SCc1occc1C(=O)OC. The van der Waals surface area contributed by atoms with E-state index in [2.05, 4.69) is 21.5 Å². The summed E-state index contributed by atoms with van der Waals surface area (Å²) >= 11 is 1.37. The van der Waals surface area contributed by atoms with Crippen LogP contribution in [0.4, 0.5) is 5.95 Å². The molecule has 0 unspecified atom stereocenters. The fourth-order valence-corrected chi connectivity index (χ4v) is 2.49. The van der Waals surface area contributed by atoms with Crippen molar-refractivity contribution >= 4 is 23.7 Å². The van der Waals surface area contributed by atoms with E-state index in [1.54, 1.807) is 16.7 Å². The molecule has 7 nitrogen and oxygen atoms in total. The van der Waals surface area contributed by atoms with Crippen LogP contribution < -0.4 is 5.73 Å². The van der Waals surface area contributed by atoms with Gasteiger partial charge in [-0.05, 0) is 6.07 Å². The summed E-state index contributed by atoms with van der Waals surface area (Å²) in [5.41, 5.74) is 6.11. The fourth-order valence-electron chi connectivity index (χ4n) is 1.58. The molecule has 0 spiro atoms. The van der Waals surface area contributed by atoms with Gasteiger partial charge >= 0.3 is 5.97 Å². The van der Waals surface area contributed by atoms with Crippen molar-refractivity contribution in [2.24, 2.45) is 0 Å². The van der Waals surface area contributed by atoms with Crippen molar-refractivity contribution in [2.75, 3.05) is 12.8 Å². The highest BCUT2D eigenvalue weighted by Gasteiger charge is 2.17. The summed E-state index contributed by atoms with van der Waals surface area (Å²) in [7, 11) is 1.33. The van der Waals surface area contributed by atoms with Crippen molar-refractivity contribution < 1.29 is 13.9 Å². The minimum Gasteiger partial charge on any atom is -0.468 e. The number of nitrogens with two attached hydrogens (primary N) is 1. The molecule has 2 rings (SSSR count). The number of carbonyl (C=O) groups is 1. The van der Waals surface area contributed by atoms with Crippen molar-refractivity contribution in [3.63, 3.8) is 0 Å². The maximum absolute atomic E-state index is 11.5. The Morgan fingerprint density at radius 2 is 2.45 bits per heavy atom. The first-order valence-corrected chi connectivity index (χ1v) is 6.73. The second-order valence-corrected chi connectivity index (χ2v) is 4.72. The molecule has 20 heavy (non-hydrogen) atoms. The molecular weight excluding hydrogens is 280 g/mol. The van der Waals surface area contributed by atoms with Crippen LogP contribution in [0.3, 0.4) is 0 Å². The number of rotatable bonds is 6. The lowest BCUT2D eigenvalue weighted by Gasteiger charge is -2.04. The number of ether oxygens (including phenoxy) is 1. The molecule has 106 valence electrons. The summed E-state index contributed by atoms with van der Waals surface area (Å²) < 4.78 is 11.7. The summed E-state index contributed by atoms with van der Waals surface area (Å²) in [6.45, 7) is 4.17. The predicted octanol–water partition coefficient (Wildman–Crippen LogP) is 1.72. The normalized spacial score (nSPS) is 10.4. The molecule has 0 atom stereocenters. The first-order valence-electron chi connectivity index (χ1n) is 5.74. The van der Waals surface area contributed by atoms with Gasteiger partial charge in [0, 0.05) is 6.54 Å². The molecule has 0 saturated heterocycles. The lowest BCUT2D eigenvalue weighted by Crippen LogP contribution is -2.04. The molecule has 0 aliphatic heterocycles. The standard InChI is InChI=1S/C12H14N4O3S/c1-3-5-16-11(13)14-15-12(16)20-7-9-8(4-6-19-9)10(17)18-2/h3-4,6H,1,5,7H2,2H3,(H2,13,14). The van der Waals surface area contributed by atoms with Crippen LogP contribution in [0.2, 0.25) is 0 Å². The number of allylic oxidation sites excluding steroid dienone is 1. The van der Waals surface area contributed by atoms with E-state index in [1.165, 1.54) is 25.1 Å². The number of methoxy groups -OCH3 is 1. The molecule has 0 fully saturated rings. The van der Waals surface area contributed by atoms with Crippen LogP contribution in [0.15, 0.2) is 34.6 Å². The van der Waals surface area contributed by atoms with E-state index in [0.717, 1.165) is 0 Å². The summed E-state index contributed by atoms with van der Waals surface area (Å²) in [5.74, 6) is 0.835. The molecule has 8 heteroatoms. The third-order valence-electron chi connectivity index (χ3n) is 2.54. The van der Waals surface area contributed by atoms with Crippen molar-refractivity contribution in [3.05, 3.63) is 36.3 Å². The van der Waals surface area contributed by atoms with Gasteiger partial charge in [-0.3, -0.25) is 4.57 Å². The number of furan rings is 1. The zero-order valence-corrected chi connectivity index (χ0v) is 11.7. The molecule has 0 bridgehead atoms. The van der Waals surface area contributed by atoms with Gasteiger partial charge in [-0.2, -0.15) is 0 Å². The molecule has 2 aromatic heterocycles. The molecule has 0 aromatic carbocycles. The lowest BCUT2D eigenvalue weighted by atomic mass is 10.3. The highest BCUT2D eigenvalue weighted by molar-refractivity contribution is 7.98. The molecule has 2 N–H and O–H groups in total. The Morgan fingerprint density at radius 1 is 1.65 bits per heavy atom. The largest absolute Gasteiger partial charge is 0.468 e. The number of hydrogen-bond acceptors (Lipinski definition) is 7. The zero-order chi connectivity index (χ0) is 14.5. The van der Waals surface area contributed by atoms with Crippen LogP contribution in [-0.4, -0.2) is 27.8 Å². The Balaban J connectivity index is 2.11. The van der Waals surface area contributed by atoms with Gasteiger partial charge in [0.25, 0.3) is 0 Å². The minimum atomic E-state index is -0.429. The van der Waals surface area contributed by atoms with E-state index in [1.807, 2.05) is 0 Å². The quantitative estimate of drug-likeness (QED) is 0.492. The van der Waals surface area contributed by atoms with Gasteiger partial charge in [0.1, 0.15) is 11.3 Å². The maximum atomic E-state index is 11.5. The van der Waals surface area contributed by atoms with Crippen molar-refractivity contribution in [3.8, 4) is 0 Å². The second kappa shape index (κ2) is 6.29. The van der Waals surface area contributed by atoms with Gasteiger partial charge in [0.05, 0.1) is 19.1 Å². The number of aromatic nitrogens is 3. The summed E-state index contributed by atoms with van der Waals surface area (Å²) in [6.07, 6.45) is 3.15. The van der Waals surface area contributed by atoms with Crippen molar-refractivity contribution in [1.82, 2.24) is 14.8 Å². The molecule has 0 saturated carbocycles. The number of nitrogens with zero attached hydrogens (tertiary/aromatic N) is 3. The van der Waals surface area contributed by atoms with Crippen LogP contribution in [0, 0.1) is 0 Å². The highest BCUT2D eigenvalue weighted by Crippen LogP contribution is 2.25. The number of hydrogen-bond donors (Lipinski definition) is 1. The Hall–Kier alpha value is -2.22. The molecule has 0 aliphatic carbocycles. The van der Waals surface area contributed by atoms with E-state index >= 15 is 0 Å². The zero-order valence-electron chi connectivity index (χ0n) is 10.9. The topological polar surface area (TPSA) is 96.2 Å². The fraction of sp³-hybridized carbons (Fsp3) is 0.250. The summed E-state index contributed by atoms with van der Waals surface area (Å²) in [5, 5.41) is 8.42. The number of thioether (sulfide) groups is 1. The molecule has 0 aliphatic rings. The van der Waals surface area contributed by atoms with Crippen LogP contribution in [-0.2, 0) is 17.0 Å². The first kappa shape index (κ1) is 14.2. The first-order chi connectivity index (χ1) is 9.67. The highest BCUT2D eigenvalue weighted by atomic mass is 32.2. The number of anilines is 1. The molecule has 0 radical (unpaired) electrons. The van der Waals surface area contributed by atoms with Crippen LogP contribution >= 0.6 is 11.8 Å². The number of carbonyl (C=O) groups excluding carboxylic acids is 1. The number of nitrogen functional groups attached to an aromatic ring is 1. The summed E-state index contributed by atoms with van der Waals surface area (Å²) in [6, 6.07) is 1.57. The number of esters is 1. The third-order valence-corrected chi connectivity index (χ3v) is 3.51. The summed E-state index contributed by atoms with van der Waals surface area (Å²) in [4.78, 5) is 11.5. The van der Waals surface area contributed by atoms with Gasteiger partial charge in [-0.1, -0.05) is 17.8 Å². The van der Waals surface area contributed by atoms with E-state index in [0.29, 0.717) is 34.7 Å². The Kier molecular flexibility index (Phi) is 4.46. The van der Waals surface area contributed by atoms with E-state index in [-0.39, 0.29) is 0 Å². The van der Waals surface area contributed by atoms with Crippen LogP contribution in [0.1, 0.15) is 16.1 Å². The Labute approximate surface area is 119 Å². The van der Waals surface area contributed by atoms with E-state index < -0.39 is 5.97 Å². The van der Waals surface area contributed by atoms with Crippen LogP contribution in [0.5, 0.6) is 0 Å². The van der Waals surface area contributed by atoms with Gasteiger partial charge in [0.15, 0.2) is 5.16 Å². The lowest BCUT2D eigenvalue weighted by molar-refractivity contribution is 0.0598. The van der Waals surface area contributed by atoms with E-state index in [9.17, 15) is 4.79 Å². The average molecular weight is 294 g/mol. The second-order valence-electron chi connectivity index (χ2n) is 3.78. The van der Waals surface area contributed by atoms with Crippen molar-refractivity contribution in [2.45, 2.75) is 17.5 Å². The van der Waals surface area contributed by atoms with Gasteiger partial charge in [0.2, 0.25) is 5.95 Å². The monoisotopic (exact) mass is 294 g/mol. The van der Waals surface area contributed by atoms with Gasteiger partial charge < -0.3 is 14.9 Å². The smallest absolute Gasteiger partial charge is 0.341 e. The Morgan fingerprint density at radius 3 is 3.15 bits per heavy atom. The van der Waals surface area contributed by atoms with Gasteiger partial charge in [-0.15, -0.1) is 16.8 Å². The predicted molar refractivity (Wildman–Crippen MR) is 74.2 cm³/mol. The average Bonchev–Trinajstić information content (AvgIpc) is 3.04. The van der Waals surface area contributed by atoms with Gasteiger partial charge in [-0.25, -0.2) is 4.79 Å². The van der Waals surface area contributed by atoms with Crippen LogP contribution in [0.25, 0.3) is 0 Å². The van der Waals surface area contributed by atoms with E-state index in [4.69, 9.17) is 10.2 Å².